The Bertz CT molecular complexity index is 643. The fourth-order valence-electron chi connectivity index (χ4n) is 3.38. The molecule has 0 radical (unpaired) electrons. The summed E-state index contributed by atoms with van der Waals surface area (Å²) in [7, 11) is 0. The topological polar surface area (TPSA) is 85.3 Å². The van der Waals surface area contributed by atoms with Crippen molar-refractivity contribution in [2.75, 3.05) is 19.8 Å². The van der Waals surface area contributed by atoms with Crippen molar-refractivity contribution in [3.05, 3.63) is 35.9 Å². The highest BCUT2D eigenvalue weighted by Crippen LogP contribution is 2.28. The number of ether oxygens (including phenoxy) is 3. The molecule has 26 heavy (non-hydrogen) atoms. The first-order valence-electron chi connectivity index (χ1n) is 8.89. The Morgan fingerprint density at radius 1 is 1.31 bits per heavy atom. The summed E-state index contributed by atoms with van der Waals surface area (Å²) in [6.45, 7) is 4.43. The summed E-state index contributed by atoms with van der Waals surface area (Å²) in [6, 6.07) is 9.25. The van der Waals surface area contributed by atoms with E-state index in [0.717, 1.165) is 10.5 Å². The predicted octanol–water partition coefficient (Wildman–Crippen LogP) is 1.73. The predicted molar refractivity (Wildman–Crippen MR) is 92.2 cm³/mol. The molecular weight excluding hydrogens is 338 g/mol. The summed E-state index contributed by atoms with van der Waals surface area (Å²) in [5.74, 6) is -2.12. The summed E-state index contributed by atoms with van der Waals surface area (Å²) in [5, 5.41) is 10.5. The molecule has 0 aromatic heterocycles. The minimum atomic E-state index is -0.989. The van der Waals surface area contributed by atoms with Crippen molar-refractivity contribution in [2.24, 2.45) is 5.92 Å². The molecule has 0 spiro atoms. The van der Waals surface area contributed by atoms with Crippen LogP contribution in [-0.2, 0) is 25.4 Å². The van der Waals surface area contributed by atoms with Gasteiger partial charge in [0.25, 0.3) is 0 Å². The highest BCUT2D eigenvalue weighted by Gasteiger charge is 2.43. The van der Waals surface area contributed by atoms with Crippen molar-refractivity contribution in [2.45, 2.75) is 44.6 Å². The zero-order valence-corrected chi connectivity index (χ0v) is 15.1. The maximum atomic E-state index is 12.9. The van der Waals surface area contributed by atoms with E-state index in [2.05, 4.69) is 0 Å². The molecule has 2 aliphatic rings. The van der Waals surface area contributed by atoms with E-state index in [1.807, 2.05) is 30.3 Å². The van der Waals surface area contributed by atoms with Crippen LogP contribution in [0, 0.1) is 5.92 Å². The Kier molecular flexibility index (Phi) is 5.60. The molecule has 2 saturated heterocycles. The quantitative estimate of drug-likeness (QED) is 0.828. The van der Waals surface area contributed by atoms with Crippen molar-refractivity contribution >= 4 is 12.0 Å². The van der Waals surface area contributed by atoms with E-state index in [1.165, 1.54) is 0 Å². The van der Waals surface area contributed by atoms with Gasteiger partial charge >= 0.3 is 6.09 Å². The van der Waals surface area contributed by atoms with Crippen LogP contribution in [0.15, 0.2) is 30.3 Å². The van der Waals surface area contributed by atoms with Crippen LogP contribution in [0.4, 0.5) is 4.79 Å². The van der Waals surface area contributed by atoms with Gasteiger partial charge < -0.3 is 19.3 Å². The second-order valence-electron chi connectivity index (χ2n) is 7.02. The van der Waals surface area contributed by atoms with Crippen LogP contribution in [0.3, 0.4) is 0 Å². The van der Waals surface area contributed by atoms with Crippen LogP contribution in [0.5, 0.6) is 0 Å². The van der Waals surface area contributed by atoms with Crippen LogP contribution in [0.1, 0.15) is 25.8 Å². The number of cyclic esters (lactones) is 1. The van der Waals surface area contributed by atoms with Crippen molar-refractivity contribution in [1.29, 1.82) is 0 Å². The van der Waals surface area contributed by atoms with Crippen LogP contribution < -0.4 is 0 Å². The zero-order chi connectivity index (χ0) is 18.7. The minimum Gasteiger partial charge on any atom is -0.447 e. The molecule has 142 valence electrons. The molecule has 3 rings (SSSR count). The van der Waals surface area contributed by atoms with Gasteiger partial charge in [0.15, 0.2) is 5.79 Å². The van der Waals surface area contributed by atoms with Gasteiger partial charge in [0.05, 0.1) is 31.3 Å². The Morgan fingerprint density at radius 3 is 2.62 bits per heavy atom. The number of hydrogen-bond acceptors (Lipinski definition) is 6. The lowest BCUT2D eigenvalue weighted by atomic mass is 9.95. The number of benzene rings is 1. The first kappa shape index (κ1) is 18.8. The SMILES string of the molecule is C[C@H](C(=O)N1C(=O)OC[C@@H]1Cc1ccccc1)[C@H](O)CC1(C)OCCO1. The second kappa shape index (κ2) is 7.73. The molecule has 2 amide bonds. The average molecular weight is 363 g/mol. The van der Waals surface area contributed by atoms with Crippen LogP contribution in [-0.4, -0.2) is 59.8 Å². The third-order valence-corrected chi connectivity index (χ3v) is 4.96. The molecule has 2 heterocycles. The Balaban J connectivity index is 1.66. The smallest absolute Gasteiger partial charge is 0.416 e. The van der Waals surface area contributed by atoms with E-state index in [-0.39, 0.29) is 19.1 Å². The molecule has 1 N–H and O–H groups in total. The molecule has 0 saturated carbocycles. The van der Waals surface area contributed by atoms with Crippen molar-refractivity contribution in [3.8, 4) is 0 Å². The van der Waals surface area contributed by atoms with Crippen LogP contribution >= 0.6 is 0 Å². The van der Waals surface area contributed by atoms with Crippen molar-refractivity contribution in [3.63, 3.8) is 0 Å². The van der Waals surface area contributed by atoms with Gasteiger partial charge in [-0.2, -0.15) is 0 Å². The molecule has 1 aromatic carbocycles. The molecule has 1 aromatic rings. The number of hydrogen-bond donors (Lipinski definition) is 1. The lowest BCUT2D eigenvalue weighted by molar-refractivity contribution is -0.170. The van der Waals surface area contributed by atoms with Gasteiger partial charge in [-0.25, -0.2) is 9.69 Å². The minimum absolute atomic E-state index is 0.159. The number of aliphatic hydroxyl groups is 1. The molecule has 7 nitrogen and oxygen atoms in total. The van der Waals surface area contributed by atoms with E-state index in [0.29, 0.717) is 19.6 Å². The normalized spacial score (nSPS) is 24.3. The Morgan fingerprint density at radius 2 is 1.96 bits per heavy atom. The molecule has 0 unspecified atom stereocenters. The number of rotatable bonds is 6. The summed E-state index contributed by atoms with van der Waals surface area (Å²) in [6.07, 6.45) is -0.969. The molecule has 2 fully saturated rings. The van der Waals surface area contributed by atoms with Gasteiger partial charge in [-0.15, -0.1) is 0 Å². The molecular formula is C19H25NO6. The highest BCUT2D eigenvalue weighted by molar-refractivity contribution is 5.95. The van der Waals surface area contributed by atoms with Crippen LogP contribution in [0.25, 0.3) is 0 Å². The molecule has 0 aliphatic carbocycles. The van der Waals surface area contributed by atoms with E-state index in [1.54, 1.807) is 13.8 Å². The van der Waals surface area contributed by atoms with E-state index < -0.39 is 29.8 Å². The monoisotopic (exact) mass is 363 g/mol. The van der Waals surface area contributed by atoms with Gasteiger partial charge in [-0.1, -0.05) is 37.3 Å². The van der Waals surface area contributed by atoms with Crippen LogP contribution in [0.2, 0.25) is 0 Å². The molecule has 2 aliphatic heterocycles. The first-order chi connectivity index (χ1) is 12.4. The average Bonchev–Trinajstić information content (AvgIpc) is 3.20. The first-order valence-corrected chi connectivity index (χ1v) is 8.89. The van der Waals surface area contributed by atoms with E-state index in [9.17, 15) is 14.7 Å². The van der Waals surface area contributed by atoms with Gasteiger partial charge in [0.1, 0.15) is 6.61 Å². The van der Waals surface area contributed by atoms with E-state index >= 15 is 0 Å². The molecule has 3 atom stereocenters. The second-order valence-corrected chi connectivity index (χ2v) is 7.02. The third-order valence-electron chi connectivity index (χ3n) is 4.96. The number of carbonyl (C=O) groups excluding carboxylic acids is 2. The summed E-state index contributed by atoms with van der Waals surface area (Å²) in [4.78, 5) is 26.1. The lowest BCUT2D eigenvalue weighted by Gasteiger charge is -2.30. The maximum absolute atomic E-state index is 12.9. The van der Waals surface area contributed by atoms with E-state index in [4.69, 9.17) is 14.2 Å². The Hall–Kier alpha value is -1.96. The summed E-state index contributed by atoms with van der Waals surface area (Å²) < 4.78 is 16.1. The lowest BCUT2D eigenvalue weighted by Crippen LogP contribution is -2.47. The standard InChI is InChI=1S/C19H25NO6/c1-13(16(21)11-19(2)25-8-9-26-19)17(22)20-15(12-24-18(20)23)10-14-6-4-3-5-7-14/h3-7,13,15-16,21H,8-12H2,1-2H3/t13-,15-,16+/m0/s1. The summed E-state index contributed by atoms with van der Waals surface area (Å²) in [5.41, 5.74) is 1.02. The number of imide groups is 1. The fourth-order valence-corrected chi connectivity index (χ4v) is 3.38. The van der Waals surface area contributed by atoms with Gasteiger partial charge in [0, 0.05) is 6.42 Å². The van der Waals surface area contributed by atoms with Gasteiger partial charge in [0.2, 0.25) is 5.91 Å². The Labute approximate surface area is 152 Å². The van der Waals surface area contributed by atoms with Gasteiger partial charge in [-0.05, 0) is 18.9 Å². The fraction of sp³-hybridized carbons (Fsp3) is 0.579. The molecule has 0 bridgehead atoms. The van der Waals surface area contributed by atoms with Crippen molar-refractivity contribution < 1.29 is 28.9 Å². The largest absolute Gasteiger partial charge is 0.447 e. The third kappa shape index (κ3) is 4.06. The maximum Gasteiger partial charge on any atom is 0.416 e. The highest BCUT2D eigenvalue weighted by atomic mass is 16.7. The number of carbonyl (C=O) groups is 2. The summed E-state index contributed by atoms with van der Waals surface area (Å²) >= 11 is 0. The number of amides is 2. The van der Waals surface area contributed by atoms with Crippen molar-refractivity contribution in [1.82, 2.24) is 4.90 Å². The number of nitrogens with zero attached hydrogens (tertiary/aromatic N) is 1. The molecule has 7 heteroatoms. The number of aliphatic hydroxyl groups excluding tert-OH is 1. The van der Waals surface area contributed by atoms with Gasteiger partial charge in [-0.3, -0.25) is 4.79 Å². The zero-order valence-electron chi connectivity index (χ0n) is 15.1.